The van der Waals surface area contributed by atoms with Gasteiger partial charge in [0.2, 0.25) is 0 Å². The normalized spacial score (nSPS) is 11.6. The molecule has 4 aromatic rings. The molecule has 0 saturated carbocycles. The maximum Gasteiger partial charge on any atom is 0.416 e. The van der Waals surface area contributed by atoms with Crippen molar-refractivity contribution in [2.45, 2.75) is 100 Å². The molecule has 246 valence electrons. The number of carboxylic acids is 1. The van der Waals surface area contributed by atoms with Crippen molar-refractivity contribution in [2.24, 2.45) is 0 Å². The minimum absolute atomic E-state index is 0.338. The van der Waals surface area contributed by atoms with Crippen LogP contribution in [0.4, 0.5) is 13.2 Å². The van der Waals surface area contributed by atoms with Gasteiger partial charge in [-0.2, -0.15) is 13.2 Å². The van der Waals surface area contributed by atoms with Crippen molar-refractivity contribution in [1.82, 2.24) is 4.98 Å². The van der Waals surface area contributed by atoms with Gasteiger partial charge in [-0.1, -0.05) is 81.0 Å². The molecule has 0 unspecified atom stereocenters. The summed E-state index contributed by atoms with van der Waals surface area (Å²) in [6.45, 7) is 3.57. The lowest BCUT2D eigenvalue weighted by Gasteiger charge is -2.09. The maximum absolute atomic E-state index is 12.8. The lowest BCUT2D eigenvalue weighted by molar-refractivity contribution is -0.139. The molecule has 4 rings (SSSR count). The average Bonchev–Trinajstić information content (AvgIpc) is 3.39. The number of alkyl halides is 3. The predicted octanol–water partition coefficient (Wildman–Crippen LogP) is 11.4. The highest BCUT2D eigenvalue weighted by molar-refractivity contribution is 7.99. The Morgan fingerprint density at radius 2 is 1.39 bits per heavy atom. The van der Waals surface area contributed by atoms with Gasteiger partial charge in [0, 0.05) is 20.2 Å². The van der Waals surface area contributed by atoms with Gasteiger partial charge in [-0.05, 0) is 93.1 Å². The Morgan fingerprint density at radius 1 is 0.804 bits per heavy atom. The van der Waals surface area contributed by atoms with Crippen LogP contribution in [-0.4, -0.2) is 22.7 Å². The van der Waals surface area contributed by atoms with Crippen molar-refractivity contribution in [3.63, 3.8) is 0 Å². The van der Waals surface area contributed by atoms with E-state index in [9.17, 15) is 18.0 Å². The Labute approximate surface area is 278 Å². The molecular formula is C37H42F3NO3S2. The summed E-state index contributed by atoms with van der Waals surface area (Å²) in [6, 6.07) is 19.8. The molecule has 3 aromatic carbocycles. The third-order valence-electron chi connectivity index (χ3n) is 7.88. The number of aryl methyl sites for hydroxylation is 4. The van der Waals surface area contributed by atoms with Crippen LogP contribution >= 0.6 is 23.1 Å². The lowest BCUT2D eigenvalue weighted by Crippen LogP contribution is -2.09. The molecule has 0 aliphatic rings. The van der Waals surface area contributed by atoms with E-state index in [4.69, 9.17) is 9.84 Å². The zero-order valence-corrected chi connectivity index (χ0v) is 28.1. The van der Waals surface area contributed by atoms with E-state index in [0.29, 0.717) is 5.75 Å². The van der Waals surface area contributed by atoms with Crippen LogP contribution < -0.4 is 4.74 Å². The van der Waals surface area contributed by atoms with Crippen LogP contribution in [0.25, 0.3) is 10.6 Å². The Morgan fingerprint density at radius 3 is 1.98 bits per heavy atom. The second-order valence-corrected chi connectivity index (χ2v) is 13.9. The fourth-order valence-electron chi connectivity index (χ4n) is 5.28. The summed E-state index contributed by atoms with van der Waals surface area (Å²) >= 11 is 3.28. The standard InChI is InChI=1S/C37H42F3NO3S2/c1-26-24-32(22-23-33(26)44-25-35(42)43)45-31-20-14-28(15-21-31)12-10-8-6-4-3-5-7-9-11-13-34-27(2)41-36(46-34)29-16-18-30(19-17-29)37(38,39)40/h14-24H,3-13,25H2,1-2H3,(H,42,43). The van der Waals surface area contributed by atoms with Gasteiger partial charge in [0.1, 0.15) is 10.8 Å². The molecule has 0 saturated heterocycles. The Hall–Kier alpha value is -3.30. The molecule has 0 aliphatic heterocycles. The minimum atomic E-state index is -4.32. The maximum atomic E-state index is 12.8. The smallest absolute Gasteiger partial charge is 0.416 e. The van der Waals surface area contributed by atoms with Crippen LogP contribution in [0.5, 0.6) is 5.75 Å². The molecule has 1 N–H and O–H groups in total. The molecule has 0 bridgehead atoms. The van der Waals surface area contributed by atoms with Gasteiger partial charge >= 0.3 is 12.1 Å². The minimum Gasteiger partial charge on any atom is -0.482 e. The monoisotopic (exact) mass is 669 g/mol. The number of rotatable bonds is 18. The molecule has 4 nitrogen and oxygen atoms in total. The zero-order valence-electron chi connectivity index (χ0n) is 26.5. The number of halogens is 3. The number of aliphatic carboxylic acids is 1. The van der Waals surface area contributed by atoms with Gasteiger partial charge in [-0.15, -0.1) is 11.3 Å². The number of carboxylic acid groups (broad SMARTS) is 1. The zero-order chi connectivity index (χ0) is 32.9. The van der Waals surface area contributed by atoms with Crippen LogP contribution in [0.15, 0.2) is 76.5 Å². The number of aromatic nitrogens is 1. The summed E-state index contributed by atoms with van der Waals surface area (Å²) in [5.74, 6) is -0.387. The van der Waals surface area contributed by atoms with E-state index < -0.39 is 17.7 Å². The number of nitrogens with zero attached hydrogens (tertiary/aromatic N) is 1. The fraction of sp³-hybridized carbons (Fsp3) is 0.405. The lowest BCUT2D eigenvalue weighted by atomic mass is 10.0. The summed E-state index contributed by atoms with van der Waals surface area (Å²) in [5.41, 5.74) is 3.37. The quantitative estimate of drug-likeness (QED) is 0.107. The molecule has 1 heterocycles. The third-order valence-corrected chi connectivity index (χ3v) is 10.1. The van der Waals surface area contributed by atoms with Gasteiger partial charge in [-0.3, -0.25) is 0 Å². The molecular weight excluding hydrogens is 628 g/mol. The number of carbonyl (C=O) groups is 1. The molecule has 0 radical (unpaired) electrons. The fourth-order valence-corrected chi connectivity index (χ4v) is 7.31. The number of unbranched alkanes of at least 4 members (excludes halogenated alkanes) is 8. The van der Waals surface area contributed by atoms with Gasteiger partial charge in [0.05, 0.1) is 11.3 Å². The largest absolute Gasteiger partial charge is 0.482 e. The van der Waals surface area contributed by atoms with Gasteiger partial charge < -0.3 is 9.84 Å². The Balaban J connectivity index is 1.04. The third kappa shape index (κ3) is 11.5. The molecule has 9 heteroatoms. The Bertz CT molecular complexity index is 1530. The predicted molar refractivity (Wildman–Crippen MR) is 181 cm³/mol. The van der Waals surface area contributed by atoms with Crippen molar-refractivity contribution in [3.8, 4) is 16.3 Å². The molecule has 0 spiro atoms. The second-order valence-electron chi connectivity index (χ2n) is 11.6. The van der Waals surface area contributed by atoms with Crippen molar-refractivity contribution < 1.29 is 27.8 Å². The molecule has 0 amide bonds. The van der Waals surface area contributed by atoms with E-state index in [1.807, 2.05) is 32.0 Å². The van der Waals surface area contributed by atoms with Gasteiger partial charge in [0.15, 0.2) is 6.61 Å². The average molecular weight is 670 g/mol. The molecule has 1 aromatic heterocycles. The van der Waals surface area contributed by atoms with E-state index in [-0.39, 0.29) is 6.61 Å². The molecule has 0 atom stereocenters. The van der Waals surface area contributed by atoms with Crippen LogP contribution in [0.2, 0.25) is 0 Å². The van der Waals surface area contributed by atoms with Crippen molar-refractivity contribution in [2.75, 3.05) is 6.61 Å². The van der Waals surface area contributed by atoms with E-state index in [2.05, 4.69) is 29.2 Å². The topological polar surface area (TPSA) is 59.4 Å². The SMILES string of the molecule is Cc1cc(Sc2ccc(CCCCCCCCCCCc3sc(-c4ccc(C(F)(F)F)cc4)nc3C)cc2)ccc1OCC(=O)O. The van der Waals surface area contributed by atoms with E-state index >= 15 is 0 Å². The first-order valence-electron chi connectivity index (χ1n) is 15.9. The summed E-state index contributed by atoms with van der Waals surface area (Å²) < 4.78 is 43.8. The summed E-state index contributed by atoms with van der Waals surface area (Å²) in [5, 5.41) is 9.59. The summed E-state index contributed by atoms with van der Waals surface area (Å²) in [4.78, 5) is 18.8. The number of hydrogen-bond acceptors (Lipinski definition) is 5. The van der Waals surface area contributed by atoms with Crippen molar-refractivity contribution in [3.05, 3.63) is 94.0 Å². The highest BCUT2D eigenvalue weighted by Gasteiger charge is 2.30. The van der Waals surface area contributed by atoms with Crippen molar-refractivity contribution >= 4 is 29.1 Å². The number of ether oxygens (including phenoxy) is 1. The molecule has 0 aliphatic carbocycles. The van der Waals surface area contributed by atoms with E-state index in [1.165, 1.54) is 78.8 Å². The summed E-state index contributed by atoms with van der Waals surface area (Å²) in [7, 11) is 0. The summed E-state index contributed by atoms with van der Waals surface area (Å²) in [6.07, 6.45) is 8.81. The van der Waals surface area contributed by atoms with E-state index in [1.54, 1.807) is 23.1 Å². The van der Waals surface area contributed by atoms with E-state index in [0.717, 1.165) is 58.1 Å². The number of thiazole rings is 1. The van der Waals surface area contributed by atoms with Crippen LogP contribution in [0.3, 0.4) is 0 Å². The molecule has 46 heavy (non-hydrogen) atoms. The second kappa shape index (κ2) is 17.6. The highest BCUT2D eigenvalue weighted by atomic mass is 32.2. The number of hydrogen-bond donors (Lipinski definition) is 1. The number of benzene rings is 3. The van der Waals surface area contributed by atoms with Crippen molar-refractivity contribution in [1.29, 1.82) is 0 Å². The first-order valence-corrected chi connectivity index (χ1v) is 17.6. The molecule has 0 fully saturated rings. The van der Waals surface area contributed by atoms with Crippen LogP contribution in [-0.2, 0) is 23.8 Å². The van der Waals surface area contributed by atoms with Crippen LogP contribution in [0, 0.1) is 13.8 Å². The highest BCUT2D eigenvalue weighted by Crippen LogP contribution is 2.34. The Kier molecular flexibility index (Phi) is 13.6. The van der Waals surface area contributed by atoms with Gasteiger partial charge in [0.25, 0.3) is 0 Å². The first-order chi connectivity index (χ1) is 22.1. The van der Waals surface area contributed by atoms with Crippen LogP contribution in [0.1, 0.15) is 85.0 Å². The first kappa shape index (κ1) is 35.6. The van der Waals surface area contributed by atoms with Gasteiger partial charge in [-0.25, -0.2) is 9.78 Å².